The fourth-order valence-electron chi connectivity index (χ4n) is 1.57. The Morgan fingerprint density at radius 2 is 2.20 bits per heavy atom. The number of nitrogens with one attached hydrogen (secondary N) is 1. The predicted molar refractivity (Wildman–Crippen MR) is 66.1 cm³/mol. The van der Waals surface area contributed by atoms with Crippen molar-refractivity contribution in [2.75, 3.05) is 5.88 Å². The van der Waals surface area contributed by atoms with E-state index >= 15 is 0 Å². The fraction of sp³-hybridized carbons (Fsp3) is 0.364. The van der Waals surface area contributed by atoms with Gasteiger partial charge in [0.15, 0.2) is 0 Å². The highest BCUT2D eigenvalue weighted by Crippen LogP contribution is 2.17. The minimum atomic E-state index is 0.0166. The summed E-state index contributed by atoms with van der Waals surface area (Å²) in [6.45, 7) is 0. The quantitative estimate of drug-likeness (QED) is 0.647. The van der Waals surface area contributed by atoms with Crippen molar-refractivity contribution in [1.29, 1.82) is 0 Å². The first-order chi connectivity index (χ1) is 7.29. The average molecular weight is 242 g/mol. The third-order valence-electron chi connectivity index (χ3n) is 2.33. The zero-order valence-corrected chi connectivity index (χ0v) is 9.83. The number of fused-ring (bicyclic) bond motifs is 1. The molecule has 0 saturated carbocycles. The van der Waals surface area contributed by atoms with Crippen LogP contribution >= 0.6 is 22.9 Å². The third-order valence-corrected chi connectivity index (χ3v) is 3.45. The zero-order chi connectivity index (χ0) is 10.7. The van der Waals surface area contributed by atoms with Crippen molar-refractivity contribution in [3.8, 4) is 0 Å². The molecule has 0 amide bonds. The Hall–Kier alpha value is -0.800. The summed E-state index contributed by atoms with van der Waals surface area (Å²) >= 11 is 6.89. The largest absolute Gasteiger partial charge is 0.312 e. The molecular weight excluding hydrogens is 230 g/mol. The summed E-state index contributed by atoms with van der Waals surface area (Å²) < 4.78 is 1.04. The molecule has 0 unspecified atom stereocenters. The Kier molecular flexibility index (Phi) is 3.44. The lowest BCUT2D eigenvalue weighted by atomic mass is 10.1. The zero-order valence-electron chi connectivity index (χ0n) is 8.25. The molecule has 0 aliphatic heterocycles. The summed E-state index contributed by atoms with van der Waals surface area (Å²) in [5.41, 5.74) is 2.22. The molecule has 2 rings (SSSR count). The van der Waals surface area contributed by atoms with Crippen LogP contribution in [-0.2, 0) is 6.42 Å². The minimum Gasteiger partial charge on any atom is -0.312 e. The summed E-state index contributed by atoms with van der Waals surface area (Å²) in [7, 11) is 0. The SMILES string of the molecule is O=c1[nH]c2ccc(CCCCCl)cc2s1. The van der Waals surface area contributed by atoms with Gasteiger partial charge in [-0.05, 0) is 37.0 Å². The molecule has 1 N–H and O–H groups in total. The second-order valence-electron chi connectivity index (χ2n) is 3.49. The number of hydrogen-bond donors (Lipinski definition) is 1. The number of hydrogen-bond acceptors (Lipinski definition) is 2. The van der Waals surface area contributed by atoms with Crippen molar-refractivity contribution >= 4 is 33.2 Å². The molecular formula is C11H12ClNOS. The Morgan fingerprint density at radius 3 is 3.00 bits per heavy atom. The van der Waals surface area contributed by atoms with Crippen LogP contribution in [0.4, 0.5) is 0 Å². The van der Waals surface area contributed by atoms with Crippen LogP contribution in [0.3, 0.4) is 0 Å². The Morgan fingerprint density at radius 1 is 1.33 bits per heavy atom. The number of unbranched alkanes of at least 4 members (excludes halogenated alkanes) is 1. The first kappa shape index (κ1) is 10.7. The van der Waals surface area contributed by atoms with Crippen molar-refractivity contribution in [3.05, 3.63) is 33.4 Å². The van der Waals surface area contributed by atoms with E-state index in [1.54, 1.807) is 0 Å². The van der Waals surface area contributed by atoms with Crippen LogP contribution in [-0.4, -0.2) is 10.9 Å². The molecule has 80 valence electrons. The molecule has 0 atom stereocenters. The van der Waals surface area contributed by atoms with Gasteiger partial charge in [0, 0.05) is 5.88 Å². The molecule has 2 nitrogen and oxygen atoms in total. The van der Waals surface area contributed by atoms with Crippen LogP contribution in [0.5, 0.6) is 0 Å². The third kappa shape index (κ3) is 2.61. The van der Waals surface area contributed by atoms with Gasteiger partial charge in [-0.2, -0.15) is 0 Å². The summed E-state index contributed by atoms with van der Waals surface area (Å²) in [5.74, 6) is 0.722. The second-order valence-corrected chi connectivity index (χ2v) is 4.88. The highest BCUT2D eigenvalue weighted by atomic mass is 35.5. The highest BCUT2D eigenvalue weighted by molar-refractivity contribution is 7.16. The molecule has 4 heteroatoms. The molecule has 0 aliphatic carbocycles. The molecule has 2 aromatic rings. The molecule has 0 saturated heterocycles. The van der Waals surface area contributed by atoms with Crippen LogP contribution in [0.2, 0.25) is 0 Å². The maximum atomic E-state index is 11.1. The first-order valence-electron chi connectivity index (χ1n) is 4.97. The number of aromatic nitrogens is 1. The lowest BCUT2D eigenvalue weighted by molar-refractivity contribution is 0.800. The Balaban J connectivity index is 2.19. The van der Waals surface area contributed by atoms with Crippen LogP contribution in [0, 0.1) is 0 Å². The predicted octanol–water partition coefficient (Wildman–Crippen LogP) is 3.15. The summed E-state index contributed by atoms with van der Waals surface area (Å²) in [5, 5.41) is 0. The molecule has 15 heavy (non-hydrogen) atoms. The van der Waals surface area contributed by atoms with Crippen molar-refractivity contribution < 1.29 is 0 Å². The van der Waals surface area contributed by atoms with Crippen LogP contribution in [0.15, 0.2) is 23.0 Å². The minimum absolute atomic E-state index is 0.0166. The van der Waals surface area contributed by atoms with Crippen molar-refractivity contribution in [2.24, 2.45) is 0 Å². The van der Waals surface area contributed by atoms with Gasteiger partial charge in [0.2, 0.25) is 0 Å². The summed E-state index contributed by atoms with van der Waals surface area (Å²) in [6.07, 6.45) is 3.19. The van der Waals surface area contributed by atoms with Gasteiger partial charge in [0.1, 0.15) is 0 Å². The number of aryl methyl sites for hydroxylation is 1. The maximum absolute atomic E-state index is 11.1. The van der Waals surface area contributed by atoms with Gasteiger partial charge >= 0.3 is 4.87 Å². The number of H-pyrrole nitrogens is 1. The van der Waals surface area contributed by atoms with Crippen LogP contribution in [0.1, 0.15) is 18.4 Å². The lowest BCUT2D eigenvalue weighted by Gasteiger charge is -1.99. The van der Waals surface area contributed by atoms with Crippen LogP contribution in [0.25, 0.3) is 10.2 Å². The molecule has 0 spiro atoms. The van der Waals surface area contributed by atoms with Gasteiger partial charge in [0.25, 0.3) is 0 Å². The van der Waals surface area contributed by atoms with Gasteiger partial charge in [-0.25, -0.2) is 0 Å². The molecule has 0 aliphatic rings. The topological polar surface area (TPSA) is 32.9 Å². The van der Waals surface area contributed by atoms with Crippen LogP contribution < -0.4 is 4.87 Å². The monoisotopic (exact) mass is 241 g/mol. The number of aromatic amines is 1. The Bertz CT molecular complexity index is 503. The number of alkyl halides is 1. The molecule has 0 bridgehead atoms. The molecule has 1 heterocycles. The van der Waals surface area contributed by atoms with Gasteiger partial charge in [-0.3, -0.25) is 4.79 Å². The van der Waals surface area contributed by atoms with E-state index in [0.717, 1.165) is 35.4 Å². The van der Waals surface area contributed by atoms with Crippen molar-refractivity contribution in [3.63, 3.8) is 0 Å². The van der Waals surface area contributed by atoms with E-state index in [1.165, 1.54) is 16.9 Å². The number of halogens is 1. The highest BCUT2D eigenvalue weighted by Gasteiger charge is 2.00. The van der Waals surface area contributed by atoms with Gasteiger partial charge < -0.3 is 4.98 Å². The summed E-state index contributed by atoms with van der Waals surface area (Å²) in [6, 6.07) is 6.13. The van der Waals surface area contributed by atoms with Gasteiger partial charge in [-0.1, -0.05) is 17.4 Å². The first-order valence-corrected chi connectivity index (χ1v) is 6.32. The van der Waals surface area contributed by atoms with E-state index in [4.69, 9.17) is 11.6 Å². The van der Waals surface area contributed by atoms with Gasteiger partial charge in [0.05, 0.1) is 10.2 Å². The van der Waals surface area contributed by atoms with E-state index in [2.05, 4.69) is 17.1 Å². The van der Waals surface area contributed by atoms with Crippen molar-refractivity contribution in [2.45, 2.75) is 19.3 Å². The van der Waals surface area contributed by atoms with E-state index in [9.17, 15) is 4.79 Å². The second kappa shape index (κ2) is 4.81. The number of thiazole rings is 1. The average Bonchev–Trinajstić information content (AvgIpc) is 2.57. The van der Waals surface area contributed by atoms with E-state index in [-0.39, 0.29) is 4.87 Å². The molecule has 1 aromatic carbocycles. The van der Waals surface area contributed by atoms with E-state index < -0.39 is 0 Å². The number of benzene rings is 1. The molecule has 1 aromatic heterocycles. The molecule has 0 radical (unpaired) electrons. The smallest absolute Gasteiger partial charge is 0.305 e. The Labute approximate surface area is 96.9 Å². The summed E-state index contributed by atoms with van der Waals surface area (Å²) in [4.78, 5) is 13.9. The van der Waals surface area contributed by atoms with Gasteiger partial charge in [-0.15, -0.1) is 11.6 Å². The lowest BCUT2D eigenvalue weighted by Crippen LogP contribution is -1.89. The van der Waals surface area contributed by atoms with E-state index in [1.807, 2.05) is 6.07 Å². The fourth-order valence-corrected chi connectivity index (χ4v) is 2.56. The van der Waals surface area contributed by atoms with Crippen molar-refractivity contribution in [1.82, 2.24) is 4.98 Å². The molecule has 0 fully saturated rings. The van der Waals surface area contributed by atoms with E-state index in [0.29, 0.717) is 0 Å². The normalized spacial score (nSPS) is 11.0. The number of rotatable bonds is 4. The standard InChI is InChI=1S/C11H12ClNOS/c12-6-2-1-3-8-4-5-9-10(7-8)15-11(14)13-9/h4-5,7H,1-3,6H2,(H,13,14). The maximum Gasteiger partial charge on any atom is 0.305 e.